The smallest absolute Gasteiger partial charge is 0.407 e. The van der Waals surface area contributed by atoms with Crippen LogP contribution in [0.4, 0.5) is 10.5 Å². The Hall–Kier alpha value is -4.94. The highest BCUT2D eigenvalue weighted by Gasteiger charge is 2.29. The number of rotatable bonds is 9. The number of carbonyl (C=O) groups excluding carboxylic acids is 4. The van der Waals surface area contributed by atoms with Gasteiger partial charge in [-0.3, -0.25) is 9.59 Å². The number of thiophene rings is 1. The summed E-state index contributed by atoms with van der Waals surface area (Å²) >= 11 is 8.28. The third kappa shape index (κ3) is 8.69. The standard InChI is InChI=1S/C38H41ClN4O7S/c1-8-12-40-35(45)29-10-9-24(32(42-29)36(46)48-7)25-18-30-27(33-23(11-13-51-33)15-21(3)49-30)17-26(25)34(44)43-31-20(2)14-22(16-28(31)39)19-41-37(47)50-38(4,5)6/h9-11,13-14,16-18,21H,8,12,15,19H2,1-7H3,(H,40,45)(H,41,47)(H,43,44)/t21-/m1/s1. The van der Waals surface area contributed by atoms with E-state index in [0.29, 0.717) is 41.1 Å². The van der Waals surface area contributed by atoms with Crippen LogP contribution < -0.4 is 20.7 Å². The Morgan fingerprint density at radius 2 is 1.78 bits per heavy atom. The lowest BCUT2D eigenvalue weighted by Crippen LogP contribution is -2.32. The van der Waals surface area contributed by atoms with Gasteiger partial charge in [-0.05, 0) is 99.5 Å². The van der Waals surface area contributed by atoms with Gasteiger partial charge in [0.1, 0.15) is 23.1 Å². The first-order valence-electron chi connectivity index (χ1n) is 16.6. The molecule has 0 fully saturated rings. The van der Waals surface area contributed by atoms with Crippen LogP contribution in [0.3, 0.4) is 0 Å². The summed E-state index contributed by atoms with van der Waals surface area (Å²) in [4.78, 5) is 58.0. The molecule has 0 bridgehead atoms. The number of carbonyl (C=O) groups is 4. The summed E-state index contributed by atoms with van der Waals surface area (Å²) in [5.41, 5.74) is 3.66. The molecule has 4 aromatic rings. The topological polar surface area (TPSA) is 145 Å². The van der Waals surface area contributed by atoms with E-state index in [9.17, 15) is 19.2 Å². The zero-order chi connectivity index (χ0) is 37.0. The average Bonchev–Trinajstić information content (AvgIpc) is 3.48. The fourth-order valence-electron chi connectivity index (χ4n) is 5.70. The van der Waals surface area contributed by atoms with Crippen molar-refractivity contribution in [3.8, 4) is 27.3 Å². The van der Waals surface area contributed by atoms with Crippen LogP contribution in [0, 0.1) is 6.92 Å². The number of methoxy groups -OCH3 is 1. The highest BCUT2D eigenvalue weighted by atomic mass is 35.5. The van der Waals surface area contributed by atoms with Crippen LogP contribution in [0.1, 0.15) is 89.1 Å². The van der Waals surface area contributed by atoms with Gasteiger partial charge in [-0.25, -0.2) is 14.6 Å². The zero-order valence-corrected chi connectivity index (χ0v) is 31.2. The van der Waals surface area contributed by atoms with Crippen LogP contribution in [0.15, 0.2) is 47.8 Å². The molecule has 1 aliphatic rings. The Kier molecular flexibility index (Phi) is 11.4. The molecule has 0 saturated heterocycles. The molecule has 0 spiro atoms. The number of fused-ring (bicyclic) bond motifs is 3. The van der Waals surface area contributed by atoms with Crippen LogP contribution >= 0.6 is 22.9 Å². The molecule has 3 amide bonds. The van der Waals surface area contributed by atoms with Crippen molar-refractivity contribution >= 4 is 52.5 Å². The van der Waals surface area contributed by atoms with E-state index in [2.05, 4.69) is 20.9 Å². The van der Waals surface area contributed by atoms with Gasteiger partial charge in [0, 0.05) is 46.6 Å². The molecule has 0 aliphatic carbocycles. The molecule has 1 aliphatic heterocycles. The summed E-state index contributed by atoms with van der Waals surface area (Å²) in [5.74, 6) is -1.19. The second kappa shape index (κ2) is 15.5. The molecule has 2 aromatic heterocycles. The Bertz CT molecular complexity index is 1980. The van der Waals surface area contributed by atoms with Crippen LogP contribution in [-0.2, 0) is 22.4 Å². The fourth-order valence-corrected chi connectivity index (χ4v) is 6.99. The number of benzene rings is 2. The quantitative estimate of drug-likeness (QED) is 0.147. The van der Waals surface area contributed by atoms with E-state index in [1.807, 2.05) is 31.4 Å². The Labute approximate surface area is 306 Å². The maximum Gasteiger partial charge on any atom is 0.407 e. The molecule has 11 nitrogen and oxygen atoms in total. The summed E-state index contributed by atoms with van der Waals surface area (Å²) in [7, 11) is 1.23. The van der Waals surface area contributed by atoms with E-state index < -0.39 is 29.5 Å². The summed E-state index contributed by atoms with van der Waals surface area (Å²) in [6.07, 6.45) is 0.665. The second-order valence-corrected chi connectivity index (χ2v) is 14.5. The monoisotopic (exact) mass is 732 g/mol. The van der Waals surface area contributed by atoms with Gasteiger partial charge in [0.15, 0.2) is 5.69 Å². The molecule has 3 heterocycles. The fraction of sp³-hybridized carbons (Fsp3) is 0.342. The molecule has 13 heteroatoms. The van der Waals surface area contributed by atoms with Gasteiger partial charge >= 0.3 is 12.1 Å². The lowest BCUT2D eigenvalue weighted by atomic mass is 9.93. The molecule has 0 radical (unpaired) electrons. The number of amides is 3. The lowest BCUT2D eigenvalue weighted by Gasteiger charge is -2.20. The number of hydrogen-bond acceptors (Lipinski definition) is 9. The first-order chi connectivity index (χ1) is 24.2. The zero-order valence-electron chi connectivity index (χ0n) is 29.6. The molecule has 0 unspecified atom stereocenters. The summed E-state index contributed by atoms with van der Waals surface area (Å²) in [5, 5.41) is 10.7. The van der Waals surface area contributed by atoms with E-state index in [-0.39, 0.29) is 40.2 Å². The number of aromatic nitrogens is 1. The second-order valence-electron chi connectivity index (χ2n) is 13.2. The van der Waals surface area contributed by atoms with Gasteiger partial charge in [-0.15, -0.1) is 11.3 Å². The third-order valence-corrected chi connectivity index (χ3v) is 9.23. The van der Waals surface area contributed by atoms with Crippen molar-refractivity contribution < 1.29 is 33.4 Å². The maximum absolute atomic E-state index is 14.4. The van der Waals surface area contributed by atoms with Gasteiger partial charge < -0.3 is 30.2 Å². The van der Waals surface area contributed by atoms with Crippen molar-refractivity contribution in [3.05, 3.63) is 86.5 Å². The minimum atomic E-state index is -0.777. The van der Waals surface area contributed by atoms with Crippen LogP contribution in [0.5, 0.6) is 5.75 Å². The number of esters is 1. The molecule has 1 atom stereocenters. The Balaban J connectivity index is 1.59. The predicted molar refractivity (Wildman–Crippen MR) is 198 cm³/mol. The molecule has 268 valence electrons. The first-order valence-corrected chi connectivity index (χ1v) is 17.8. The maximum atomic E-state index is 14.4. The van der Waals surface area contributed by atoms with E-state index in [4.69, 9.17) is 25.8 Å². The third-order valence-electron chi connectivity index (χ3n) is 7.95. The van der Waals surface area contributed by atoms with Gasteiger partial charge in [0.25, 0.3) is 11.8 Å². The van der Waals surface area contributed by atoms with E-state index in [1.54, 1.807) is 63.3 Å². The Morgan fingerprint density at radius 1 is 1.02 bits per heavy atom. The highest BCUT2D eigenvalue weighted by molar-refractivity contribution is 7.13. The van der Waals surface area contributed by atoms with Crippen molar-refractivity contribution in [3.63, 3.8) is 0 Å². The summed E-state index contributed by atoms with van der Waals surface area (Å²) in [6.45, 7) is 11.6. The molecular formula is C38H41ClN4O7S. The number of nitrogens with one attached hydrogen (secondary N) is 3. The van der Waals surface area contributed by atoms with Crippen LogP contribution in [-0.4, -0.2) is 54.2 Å². The number of alkyl carbamates (subject to hydrolysis) is 1. The van der Waals surface area contributed by atoms with Gasteiger partial charge in [-0.1, -0.05) is 24.6 Å². The number of nitrogens with zero attached hydrogens (tertiary/aromatic N) is 1. The van der Waals surface area contributed by atoms with Crippen LogP contribution in [0.2, 0.25) is 5.02 Å². The average molecular weight is 733 g/mol. The molecule has 5 rings (SSSR count). The van der Waals surface area contributed by atoms with E-state index >= 15 is 0 Å². The van der Waals surface area contributed by atoms with Crippen molar-refractivity contribution in [2.24, 2.45) is 0 Å². The minimum Gasteiger partial charge on any atom is -0.490 e. The molecular weight excluding hydrogens is 692 g/mol. The number of aryl methyl sites for hydroxylation is 1. The predicted octanol–water partition coefficient (Wildman–Crippen LogP) is 7.97. The largest absolute Gasteiger partial charge is 0.490 e. The molecule has 0 saturated carbocycles. The number of hydrogen-bond donors (Lipinski definition) is 3. The Morgan fingerprint density at radius 3 is 2.47 bits per heavy atom. The van der Waals surface area contributed by atoms with Crippen molar-refractivity contribution in [1.82, 2.24) is 15.6 Å². The van der Waals surface area contributed by atoms with Crippen LogP contribution in [0.25, 0.3) is 21.6 Å². The van der Waals surface area contributed by atoms with Gasteiger partial charge in [0.2, 0.25) is 0 Å². The lowest BCUT2D eigenvalue weighted by molar-refractivity contribution is 0.0522. The van der Waals surface area contributed by atoms with Crippen molar-refractivity contribution in [2.45, 2.75) is 72.6 Å². The van der Waals surface area contributed by atoms with Crippen molar-refractivity contribution in [2.75, 3.05) is 19.0 Å². The summed E-state index contributed by atoms with van der Waals surface area (Å²) < 4.78 is 16.8. The van der Waals surface area contributed by atoms with Gasteiger partial charge in [0.05, 0.1) is 17.8 Å². The number of ether oxygens (including phenoxy) is 3. The minimum absolute atomic E-state index is 0.0325. The van der Waals surface area contributed by atoms with E-state index in [0.717, 1.165) is 22.4 Å². The van der Waals surface area contributed by atoms with E-state index in [1.165, 1.54) is 13.2 Å². The molecule has 2 aromatic carbocycles. The van der Waals surface area contributed by atoms with Gasteiger partial charge in [-0.2, -0.15) is 0 Å². The normalized spacial score (nSPS) is 13.5. The van der Waals surface area contributed by atoms with Crippen molar-refractivity contribution in [1.29, 1.82) is 0 Å². The molecule has 51 heavy (non-hydrogen) atoms. The number of pyridine rings is 1. The summed E-state index contributed by atoms with van der Waals surface area (Å²) in [6, 6.07) is 12.1. The first kappa shape index (κ1) is 37.3. The number of anilines is 1. The number of halogens is 1. The molecule has 3 N–H and O–H groups in total. The highest BCUT2D eigenvalue weighted by Crippen LogP contribution is 2.44. The SMILES string of the molecule is CCCNC(=O)c1ccc(-c2cc3c(cc2C(=O)Nc2c(C)cc(CNC(=O)OC(C)(C)C)cc2Cl)-c2sccc2C[C@@H](C)O3)c(C(=O)OC)n1.